The molecule has 1 aliphatic rings. The lowest BCUT2D eigenvalue weighted by Crippen LogP contribution is -2.36. The van der Waals surface area contributed by atoms with Crippen LogP contribution in [0.5, 0.6) is 0 Å². The molecule has 28 heavy (non-hydrogen) atoms. The molecule has 1 saturated heterocycles. The highest BCUT2D eigenvalue weighted by Crippen LogP contribution is 2.30. The molecule has 1 atom stereocenters. The molecule has 2 heterocycles. The average Bonchev–Trinajstić information content (AvgIpc) is 2.73. The van der Waals surface area contributed by atoms with E-state index in [-0.39, 0.29) is 22.8 Å². The molecule has 2 aromatic rings. The second-order valence-corrected chi connectivity index (χ2v) is 9.15. The van der Waals surface area contributed by atoms with Crippen molar-refractivity contribution in [2.45, 2.75) is 23.8 Å². The maximum absolute atomic E-state index is 12.8. The summed E-state index contributed by atoms with van der Waals surface area (Å²) < 4.78 is 31.0. The van der Waals surface area contributed by atoms with Crippen molar-refractivity contribution in [3.8, 4) is 0 Å². The van der Waals surface area contributed by atoms with Crippen molar-refractivity contribution in [3.63, 3.8) is 0 Å². The van der Waals surface area contributed by atoms with Gasteiger partial charge < -0.3 is 10.1 Å². The molecule has 1 N–H and O–H groups in total. The molecule has 150 valence electrons. The summed E-state index contributed by atoms with van der Waals surface area (Å²) in [6.45, 7) is 1.35. The summed E-state index contributed by atoms with van der Waals surface area (Å²) >= 11 is 0. The van der Waals surface area contributed by atoms with Crippen molar-refractivity contribution >= 4 is 15.9 Å². The van der Waals surface area contributed by atoms with Crippen molar-refractivity contribution < 1.29 is 17.9 Å². The Morgan fingerprint density at radius 1 is 1.18 bits per heavy atom. The van der Waals surface area contributed by atoms with E-state index in [1.807, 2.05) is 12.1 Å². The molecule has 1 unspecified atom stereocenters. The zero-order valence-electron chi connectivity index (χ0n) is 16.0. The van der Waals surface area contributed by atoms with Crippen LogP contribution in [0.2, 0.25) is 0 Å². The molecule has 1 aliphatic heterocycles. The molecule has 1 amide bonds. The number of benzene rings is 1. The van der Waals surface area contributed by atoms with Gasteiger partial charge >= 0.3 is 0 Å². The normalized spacial score (nSPS) is 16.7. The Morgan fingerprint density at radius 3 is 2.43 bits per heavy atom. The van der Waals surface area contributed by atoms with Crippen molar-refractivity contribution in [1.29, 1.82) is 0 Å². The topological polar surface area (TPSA) is 88.6 Å². The van der Waals surface area contributed by atoms with Crippen LogP contribution in [0.4, 0.5) is 0 Å². The zero-order valence-corrected chi connectivity index (χ0v) is 16.9. The summed E-state index contributed by atoms with van der Waals surface area (Å²) in [6, 6.07) is 9.63. The average molecular weight is 404 g/mol. The van der Waals surface area contributed by atoms with Crippen LogP contribution in [0.25, 0.3) is 0 Å². The van der Waals surface area contributed by atoms with E-state index in [0.717, 1.165) is 22.7 Å². The van der Waals surface area contributed by atoms with Gasteiger partial charge in [0.25, 0.3) is 5.91 Å². The number of carbonyl (C=O) groups is 1. The SMILES string of the molecule is CN(C)S(=O)(=O)c1ccc(C(=O)NC(c2cccnc2)C2CCOCC2)cc1. The first-order valence-electron chi connectivity index (χ1n) is 9.20. The number of carbonyl (C=O) groups excluding carboxylic acids is 1. The van der Waals surface area contributed by atoms with E-state index < -0.39 is 10.0 Å². The molecular formula is C20H25N3O4S. The van der Waals surface area contributed by atoms with E-state index in [9.17, 15) is 13.2 Å². The first-order valence-corrected chi connectivity index (χ1v) is 10.6. The number of aromatic nitrogens is 1. The van der Waals surface area contributed by atoms with Crippen LogP contribution in [0.3, 0.4) is 0 Å². The maximum Gasteiger partial charge on any atom is 0.251 e. The fourth-order valence-electron chi connectivity index (χ4n) is 3.30. The Kier molecular flexibility index (Phi) is 6.43. The minimum Gasteiger partial charge on any atom is -0.381 e. The van der Waals surface area contributed by atoms with Gasteiger partial charge in [-0.1, -0.05) is 6.07 Å². The molecule has 1 aromatic carbocycles. The number of sulfonamides is 1. The Hall–Kier alpha value is -2.29. The maximum atomic E-state index is 12.8. The molecule has 0 saturated carbocycles. The van der Waals surface area contributed by atoms with Crippen LogP contribution in [0.15, 0.2) is 53.7 Å². The van der Waals surface area contributed by atoms with Crippen molar-refractivity contribution in [1.82, 2.24) is 14.6 Å². The van der Waals surface area contributed by atoms with Gasteiger partial charge in [0.2, 0.25) is 10.0 Å². The lowest BCUT2D eigenvalue weighted by atomic mass is 9.87. The largest absolute Gasteiger partial charge is 0.381 e. The van der Waals surface area contributed by atoms with Gasteiger partial charge in [0.15, 0.2) is 0 Å². The standard InChI is InChI=1S/C20H25N3O4S/c1-23(2)28(25,26)18-7-5-16(6-8-18)20(24)22-19(15-9-12-27-13-10-15)17-4-3-11-21-14-17/h3-8,11,14-15,19H,9-10,12-13H2,1-2H3,(H,22,24). The number of amides is 1. The second-order valence-electron chi connectivity index (χ2n) is 7.00. The number of hydrogen-bond donors (Lipinski definition) is 1. The molecule has 0 aliphatic carbocycles. The van der Waals surface area contributed by atoms with Crippen LogP contribution in [0, 0.1) is 5.92 Å². The highest BCUT2D eigenvalue weighted by molar-refractivity contribution is 7.89. The summed E-state index contributed by atoms with van der Waals surface area (Å²) in [5.74, 6) is 0.0180. The summed E-state index contributed by atoms with van der Waals surface area (Å²) in [6.07, 6.45) is 5.20. The summed E-state index contributed by atoms with van der Waals surface area (Å²) in [5.41, 5.74) is 1.37. The molecule has 0 radical (unpaired) electrons. The molecule has 3 rings (SSSR count). The Bertz CT molecular complexity index is 893. The van der Waals surface area contributed by atoms with Crippen molar-refractivity contribution in [3.05, 3.63) is 59.9 Å². The highest BCUT2D eigenvalue weighted by atomic mass is 32.2. The third kappa shape index (κ3) is 4.57. The lowest BCUT2D eigenvalue weighted by Gasteiger charge is -2.31. The summed E-state index contributed by atoms with van der Waals surface area (Å²) in [4.78, 5) is 17.2. The summed E-state index contributed by atoms with van der Waals surface area (Å²) in [7, 11) is -0.574. The Labute approximate surface area is 165 Å². The number of hydrogen-bond acceptors (Lipinski definition) is 5. The quantitative estimate of drug-likeness (QED) is 0.799. The van der Waals surface area contributed by atoms with Gasteiger partial charge in [-0.2, -0.15) is 0 Å². The van der Waals surface area contributed by atoms with E-state index >= 15 is 0 Å². The van der Waals surface area contributed by atoms with Crippen LogP contribution < -0.4 is 5.32 Å². The molecule has 0 bridgehead atoms. The van der Waals surface area contributed by atoms with Gasteiger partial charge in [0.05, 0.1) is 10.9 Å². The molecule has 7 nitrogen and oxygen atoms in total. The molecule has 1 aromatic heterocycles. The van der Waals surface area contributed by atoms with Gasteiger partial charge in [-0.05, 0) is 54.7 Å². The predicted octanol–water partition coefficient (Wildman–Crippen LogP) is 2.23. The van der Waals surface area contributed by atoms with E-state index in [2.05, 4.69) is 10.3 Å². The number of rotatable bonds is 6. The molecule has 1 fully saturated rings. The van der Waals surface area contributed by atoms with E-state index in [0.29, 0.717) is 18.8 Å². The number of ether oxygens (including phenoxy) is 1. The fourth-order valence-corrected chi connectivity index (χ4v) is 4.20. The first-order chi connectivity index (χ1) is 13.4. The minimum atomic E-state index is -3.52. The van der Waals surface area contributed by atoms with E-state index in [4.69, 9.17) is 4.74 Å². The van der Waals surface area contributed by atoms with Crippen molar-refractivity contribution in [2.24, 2.45) is 5.92 Å². The summed E-state index contributed by atoms with van der Waals surface area (Å²) in [5, 5.41) is 3.11. The zero-order chi connectivity index (χ0) is 20.1. The predicted molar refractivity (Wildman–Crippen MR) is 105 cm³/mol. The smallest absolute Gasteiger partial charge is 0.251 e. The Morgan fingerprint density at radius 2 is 1.86 bits per heavy atom. The van der Waals surface area contributed by atoms with Gasteiger partial charge in [-0.3, -0.25) is 9.78 Å². The molecule has 8 heteroatoms. The van der Waals surface area contributed by atoms with Crippen LogP contribution in [-0.2, 0) is 14.8 Å². The van der Waals surface area contributed by atoms with Crippen LogP contribution in [-0.4, -0.2) is 50.9 Å². The number of pyridine rings is 1. The molecular weight excluding hydrogens is 378 g/mol. The highest BCUT2D eigenvalue weighted by Gasteiger charge is 2.27. The van der Waals surface area contributed by atoms with Crippen LogP contribution >= 0.6 is 0 Å². The second kappa shape index (κ2) is 8.81. The van der Waals surface area contributed by atoms with E-state index in [1.54, 1.807) is 12.4 Å². The molecule has 0 spiro atoms. The van der Waals surface area contributed by atoms with E-state index in [1.165, 1.54) is 38.4 Å². The van der Waals surface area contributed by atoms with Gasteiger partial charge in [-0.15, -0.1) is 0 Å². The van der Waals surface area contributed by atoms with Gasteiger partial charge in [-0.25, -0.2) is 12.7 Å². The van der Waals surface area contributed by atoms with Gasteiger partial charge in [0, 0.05) is 45.3 Å². The number of nitrogens with zero attached hydrogens (tertiary/aromatic N) is 2. The van der Waals surface area contributed by atoms with Gasteiger partial charge in [0.1, 0.15) is 0 Å². The minimum absolute atomic E-state index is 0.155. The Balaban J connectivity index is 1.80. The third-order valence-corrected chi connectivity index (χ3v) is 6.79. The monoisotopic (exact) mass is 403 g/mol. The third-order valence-electron chi connectivity index (χ3n) is 4.96. The first kappa shape index (κ1) is 20.4. The number of nitrogens with one attached hydrogen (secondary N) is 1. The lowest BCUT2D eigenvalue weighted by molar-refractivity contribution is 0.0513. The van der Waals surface area contributed by atoms with Crippen molar-refractivity contribution in [2.75, 3.05) is 27.3 Å². The van der Waals surface area contributed by atoms with Crippen LogP contribution in [0.1, 0.15) is 34.8 Å². The fraction of sp³-hybridized carbons (Fsp3) is 0.400.